The van der Waals surface area contributed by atoms with Gasteiger partial charge in [0.15, 0.2) is 0 Å². The third kappa shape index (κ3) is 4.62. The molecule has 1 saturated heterocycles. The molecule has 0 radical (unpaired) electrons. The third-order valence-electron chi connectivity index (χ3n) is 5.81. The Hall–Kier alpha value is -2.39. The highest BCUT2D eigenvalue weighted by Gasteiger charge is 2.48. The summed E-state index contributed by atoms with van der Waals surface area (Å²) in [4.78, 5) is 14.1. The molecule has 3 atom stereocenters. The summed E-state index contributed by atoms with van der Waals surface area (Å²) in [6, 6.07) is 8.22. The standard InChI is InChI=1S/C22H23F3N2O3S/c1-31(29,30)26-21-18(24)12-27(22(28)13-9-10-13)19(21)11-14-5-4-7-16(20(14)25)15-6-2-3-8-17(15)23/h2-8,13,18-19,21,26H,9-12H2,1H3/t18-,19-,21-/m0/s1. The lowest BCUT2D eigenvalue weighted by atomic mass is 9.95. The van der Waals surface area contributed by atoms with Gasteiger partial charge >= 0.3 is 0 Å². The minimum Gasteiger partial charge on any atom is -0.334 e. The topological polar surface area (TPSA) is 66.5 Å². The summed E-state index contributed by atoms with van der Waals surface area (Å²) in [6.45, 7) is -0.248. The van der Waals surface area contributed by atoms with Crippen LogP contribution in [-0.2, 0) is 21.2 Å². The van der Waals surface area contributed by atoms with Gasteiger partial charge in [-0.1, -0.05) is 36.4 Å². The second-order valence-electron chi connectivity index (χ2n) is 8.23. The maximum atomic E-state index is 15.4. The molecular weight excluding hydrogens is 429 g/mol. The van der Waals surface area contributed by atoms with Gasteiger partial charge in [-0.15, -0.1) is 0 Å². The Kier molecular flexibility index (Phi) is 5.83. The van der Waals surface area contributed by atoms with E-state index in [1.54, 1.807) is 12.1 Å². The first-order valence-electron chi connectivity index (χ1n) is 10.1. The summed E-state index contributed by atoms with van der Waals surface area (Å²) in [5, 5.41) is 0. The molecule has 1 heterocycles. The van der Waals surface area contributed by atoms with Gasteiger partial charge in [-0.3, -0.25) is 4.79 Å². The molecule has 0 aromatic heterocycles. The van der Waals surface area contributed by atoms with Crippen molar-refractivity contribution < 1.29 is 26.4 Å². The van der Waals surface area contributed by atoms with Crippen LogP contribution in [0.3, 0.4) is 0 Å². The van der Waals surface area contributed by atoms with Gasteiger partial charge in [0, 0.05) is 17.0 Å². The van der Waals surface area contributed by atoms with Crippen LogP contribution in [0.5, 0.6) is 0 Å². The number of alkyl halides is 1. The molecule has 1 N–H and O–H groups in total. The van der Waals surface area contributed by atoms with Crippen molar-refractivity contribution in [3.05, 3.63) is 59.7 Å². The van der Waals surface area contributed by atoms with E-state index in [0.717, 1.165) is 6.26 Å². The molecule has 0 unspecified atom stereocenters. The number of rotatable bonds is 6. The van der Waals surface area contributed by atoms with Gasteiger partial charge in [0.05, 0.1) is 24.9 Å². The Morgan fingerprint density at radius 3 is 2.42 bits per heavy atom. The number of carbonyl (C=O) groups excluding carboxylic acids is 1. The molecule has 1 aliphatic heterocycles. The zero-order valence-corrected chi connectivity index (χ0v) is 17.7. The van der Waals surface area contributed by atoms with E-state index in [-0.39, 0.29) is 41.5 Å². The average Bonchev–Trinajstić information content (AvgIpc) is 3.51. The van der Waals surface area contributed by atoms with E-state index in [2.05, 4.69) is 4.72 Å². The number of sulfonamides is 1. The summed E-state index contributed by atoms with van der Waals surface area (Å²) in [6.07, 6.45) is 0.628. The maximum absolute atomic E-state index is 15.4. The summed E-state index contributed by atoms with van der Waals surface area (Å²) < 4.78 is 70.2. The minimum absolute atomic E-state index is 0.0538. The SMILES string of the molecule is CS(=O)(=O)N[C@H]1[C@@H](F)CN(C(=O)C2CC2)[C@H]1Cc1cccc(-c2ccccc2F)c1F. The van der Waals surface area contributed by atoms with Gasteiger partial charge in [0.2, 0.25) is 15.9 Å². The van der Waals surface area contributed by atoms with Crippen molar-refractivity contribution in [1.29, 1.82) is 0 Å². The van der Waals surface area contributed by atoms with Gasteiger partial charge in [0.1, 0.15) is 17.8 Å². The van der Waals surface area contributed by atoms with Gasteiger partial charge < -0.3 is 4.90 Å². The molecule has 1 amide bonds. The number of hydrogen-bond donors (Lipinski definition) is 1. The summed E-state index contributed by atoms with van der Waals surface area (Å²) in [7, 11) is -3.76. The third-order valence-corrected chi connectivity index (χ3v) is 6.51. The molecule has 5 nitrogen and oxygen atoms in total. The number of hydrogen-bond acceptors (Lipinski definition) is 3. The predicted octanol–water partition coefficient (Wildman–Crippen LogP) is 3.05. The lowest BCUT2D eigenvalue weighted by Gasteiger charge is -2.28. The summed E-state index contributed by atoms with van der Waals surface area (Å²) in [5.74, 6) is -1.69. The highest BCUT2D eigenvalue weighted by Crippen LogP contribution is 2.36. The Morgan fingerprint density at radius 2 is 1.77 bits per heavy atom. The molecule has 2 aliphatic rings. The van der Waals surface area contributed by atoms with Crippen LogP contribution in [0, 0.1) is 17.6 Å². The molecule has 2 aromatic carbocycles. The molecule has 0 spiro atoms. The monoisotopic (exact) mass is 452 g/mol. The van der Waals surface area contributed by atoms with Crippen LogP contribution in [0.2, 0.25) is 0 Å². The Balaban J connectivity index is 1.69. The molecular formula is C22H23F3N2O3S. The second-order valence-corrected chi connectivity index (χ2v) is 10.0. The fraction of sp³-hybridized carbons (Fsp3) is 0.409. The van der Waals surface area contributed by atoms with E-state index in [0.29, 0.717) is 12.8 Å². The predicted molar refractivity (Wildman–Crippen MR) is 110 cm³/mol. The van der Waals surface area contributed by atoms with Crippen LogP contribution >= 0.6 is 0 Å². The lowest BCUT2D eigenvalue weighted by Crippen LogP contribution is -2.49. The first-order chi connectivity index (χ1) is 14.7. The fourth-order valence-electron chi connectivity index (χ4n) is 4.18. The van der Waals surface area contributed by atoms with Gasteiger partial charge in [-0.2, -0.15) is 0 Å². The number of nitrogens with zero attached hydrogens (tertiary/aromatic N) is 1. The number of carbonyl (C=O) groups is 1. The van der Waals surface area contributed by atoms with Gasteiger partial charge in [-0.25, -0.2) is 26.3 Å². The number of nitrogens with one attached hydrogen (secondary N) is 1. The number of benzene rings is 2. The highest BCUT2D eigenvalue weighted by atomic mass is 32.2. The minimum atomic E-state index is -3.76. The molecule has 2 aromatic rings. The van der Waals surface area contributed by atoms with Crippen molar-refractivity contribution in [3.8, 4) is 11.1 Å². The van der Waals surface area contributed by atoms with Crippen molar-refractivity contribution in [2.24, 2.45) is 5.92 Å². The first kappa shape index (κ1) is 21.8. The summed E-state index contributed by atoms with van der Waals surface area (Å²) in [5.41, 5.74) is 0.306. The van der Waals surface area contributed by atoms with Crippen molar-refractivity contribution in [3.63, 3.8) is 0 Å². The van der Waals surface area contributed by atoms with E-state index in [1.807, 2.05) is 0 Å². The second kappa shape index (κ2) is 8.27. The number of likely N-dealkylation sites (tertiary alicyclic amines) is 1. The van der Waals surface area contributed by atoms with E-state index < -0.39 is 39.9 Å². The van der Waals surface area contributed by atoms with Crippen LogP contribution in [0.4, 0.5) is 13.2 Å². The Bertz CT molecular complexity index is 1100. The Morgan fingerprint density at radius 1 is 1.10 bits per heavy atom. The van der Waals surface area contributed by atoms with E-state index >= 15 is 4.39 Å². The largest absolute Gasteiger partial charge is 0.334 e. The van der Waals surface area contributed by atoms with Crippen LogP contribution in [0.15, 0.2) is 42.5 Å². The molecule has 9 heteroatoms. The molecule has 166 valence electrons. The fourth-order valence-corrected chi connectivity index (χ4v) is 4.98. The maximum Gasteiger partial charge on any atom is 0.226 e. The smallest absolute Gasteiger partial charge is 0.226 e. The number of amides is 1. The van der Waals surface area contributed by atoms with Crippen LogP contribution in [0.1, 0.15) is 18.4 Å². The quantitative estimate of drug-likeness (QED) is 0.733. The molecule has 1 saturated carbocycles. The van der Waals surface area contributed by atoms with Crippen molar-refractivity contribution in [2.45, 2.75) is 37.5 Å². The normalized spacial score (nSPS) is 23.9. The highest BCUT2D eigenvalue weighted by molar-refractivity contribution is 7.88. The molecule has 4 rings (SSSR count). The van der Waals surface area contributed by atoms with Crippen LogP contribution in [-0.4, -0.2) is 50.3 Å². The first-order valence-corrected chi connectivity index (χ1v) is 12.0. The van der Waals surface area contributed by atoms with E-state index in [4.69, 9.17) is 0 Å². The van der Waals surface area contributed by atoms with Crippen LogP contribution < -0.4 is 4.72 Å². The zero-order valence-electron chi connectivity index (χ0n) is 16.9. The molecule has 0 bridgehead atoms. The molecule has 1 aliphatic carbocycles. The zero-order chi connectivity index (χ0) is 22.3. The molecule has 31 heavy (non-hydrogen) atoms. The van der Waals surface area contributed by atoms with Gasteiger partial charge in [-0.05, 0) is 30.9 Å². The van der Waals surface area contributed by atoms with Crippen molar-refractivity contribution in [2.75, 3.05) is 12.8 Å². The van der Waals surface area contributed by atoms with E-state index in [9.17, 15) is 22.0 Å². The average molecular weight is 452 g/mol. The lowest BCUT2D eigenvalue weighted by molar-refractivity contribution is -0.133. The Labute approximate surface area is 179 Å². The number of halogens is 3. The van der Waals surface area contributed by atoms with Gasteiger partial charge in [0.25, 0.3) is 0 Å². The van der Waals surface area contributed by atoms with Crippen molar-refractivity contribution in [1.82, 2.24) is 9.62 Å². The molecule has 2 fully saturated rings. The summed E-state index contributed by atoms with van der Waals surface area (Å²) >= 11 is 0. The van der Waals surface area contributed by atoms with Crippen LogP contribution in [0.25, 0.3) is 11.1 Å². The van der Waals surface area contributed by atoms with E-state index in [1.165, 1.54) is 35.2 Å². The van der Waals surface area contributed by atoms with Crippen molar-refractivity contribution >= 4 is 15.9 Å².